The lowest BCUT2D eigenvalue weighted by Crippen LogP contribution is -2.59. The highest BCUT2D eigenvalue weighted by Gasteiger charge is 2.35. The van der Waals surface area contributed by atoms with Gasteiger partial charge >= 0.3 is 5.97 Å². The summed E-state index contributed by atoms with van der Waals surface area (Å²) in [6, 6.07) is 2.83. The lowest BCUT2D eigenvalue weighted by molar-refractivity contribution is -0.153. The molecule has 2 amide bonds. The minimum absolute atomic E-state index is 0.0145. The van der Waals surface area contributed by atoms with Crippen molar-refractivity contribution in [3.63, 3.8) is 0 Å². The number of hydrogen-bond donors (Lipinski definition) is 2. The molecule has 1 fully saturated rings. The number of hydrogen-bond acceptors (Lipinski definition) is 3. The van der Waals surface area contributed by atoms with Crippen molar-refractivity contribution in [2.45, 2.75) is 12.5 Å². The van der Waals surface area contributed by atoms with Crippen molar-refractivity contribution in [3.05, 3.63) is 34.6 Å². The standard InChI is InChI=1S/C13H12ClFN2O4/c14-8-2-1-3-9(15)7(8)4-12(19)17-6-11(18)16-5-10(17)13(20)21/h1-3,10H,4-6H2,(H,16,18)(H,20,21). The Morgan fingerprint density at radius 2 is 2.19 bits per heavy atom. The molecule has 1 atom stereocenters. The normalized spacial score (nSPS) is 18.3. The summed E-state index contributed by atoms with van der Waals surface area (Å²) in [5, 5.41) is 11.5. The van der Waals surface area contributed by atoms with Crippen molar-refractivity contribution in [2.24, 2.45) is 0 Å². The fraction of sp³-hybridized carbons (Fsp3) is 0.308. The predicted octanol–water partition coefficient (Wildman–Crippen LogP) is 0.433. The summed E-state index contributed by atoms with van der Waals surface area (Å²) < 4.78 is 13.7. The molecule has 1 aliphatic heterocycles. The molecule has 1 aromatic carbocycles. The average Bonchev–Trinajstić information content (AvgIpc) is 2.42. The van der Waals surface area contributed by atoms with Gasteiger partial charge in [-0.25, -0.2) is 9.18 Å². The number of rotatable bonds is 3. The quantitative estimate of drug-likeness (QED) is 0.847. The van der Waals surface area contributed by atoms with Gasteiger partial charge in [0, 0.05) is 17.1 Å². The van der Waals surface area contributed by atoms with Crippen LogP contribution in [0.4, 0.5) is 4.39 Å². The van der Waals surface area contributed by atoms with E-state index < -0.39 is 36.1 Å². The highest BCUT2D eigenvalue weighted by atomic mass is 35.5. The van der Waals surface area contributed by atoms with Crippen LogP contribution in [0, 0.1) is 5.82 Å². The monoisotopic (exact) mass is 314 g/mol. The SMILES string of the molecule is O=C1CN(C(=O)Cc2c(F)cccc2Cl)C(C(=O)O)CN1. The summed E-state index contributed by atoms with van der Waals surface area (Å²) in [6.07, 6.45) is -0.400. The zero-order valence-electron chi connectivity index (χ0n) is 10.8. The number of carbonyl (C=O) groups is 3. The van der Waals surface area contributed by atoms with Gasteiger partial charge in [-0.15, -0.1) is 0 Å². The lowest BCUT2D eigenvalue weighted by atomic mass is 10.1. The topological polar surface area (TPSA) is 86.7 Å². The fourth-order valence-corrected chi connectivity index (χ4v) is 2.31. The van der Waals surface area contributed by atoms with Crippen LogP contribution in [0.5, 0.6) is 0 Å². The third kappa shape index (κ3) is 3.30. The van der Waals surface area contributed by atoms with Crippen LogP contribution in [0.1, 0.15) is 5.56 Å². The number of nitrogens with zero attached hydrogens (tertiary/aromatic N) is 1. The summed E-state index contributed by atoms with van der Waals surface area (Å²) in [4.78, 5) is 35.6. The van der Waals surface area contributed by atoms with Crippen molar-refractivity contribution in [2.75, 3.05) is 13.1 Å². The minimum atomic E-state index is -1.23. The Labute approximate surface area is 124 Å². The molecule has 0 aliphatic carbocycles. The molecule has 0 saturated carbocycles. The second-order valence-corrected chi connectivity index (χ2v) is 4.96. The van der Waals surface area contributed by atoms with E-state index in [4.69, 9.17) is 16.7 Å². The first kappa shape index (κ1) is 15.2. The molecule has 1 saturated heterocycles. The molecule has 1 aromatic rings. The van der Waals surface area contributed by atoms with E-state index in [-0.39, 0.29) is 23.7 Å². The van der Waals surface area contributed by atoms with Crippen LogP contribution in [0.25, 0.3) is 0 Å². The second kappa shape index (κ2) is 6.09. The van der Waals surface area contributed by atoms with Crippen LogP contribution in [0.3, 0.4) is 0 Å². The fourth-order valence-electron chi connectivity index (χ4n) is 2.08. The van der Waals surface area contributed by atoms with Crippen LogP contribution >= 0.6 is 11.6 Å². The van der Waals surface area contributed by atoms with Crippen molar-refractivity contribution < 1.29 is 23.9 Å². The maximum atomic E-state index is 13.7. The van der Waals surface area contributed by atoms with Crippen molar-refractivity contribution >= 4 is 29.4 Å². The van der Waals surface area contributed by atoms with E-state index in [0.717, 1.165) is 11.0 Å². The summed E-state index contributed by atoms with van der Waals surface area (Å²) in [7, 11) is 0. The number of carboxylic acid groups (broad SMARTS) is 1. The van der Waals surface area contributed by atoms with Gasteiger partial charge in [-0.3, -0.25) is 9.59 Å². The zero-order chi connectivity index (χ0) is 15.6. The Balaban J connectivity index is 2.21. The molecular formula is C13H12ClFN2O4. The number of aliphatic carboxylic acids is 1. The zero-order valence-corrected chi connectivity index (χ0v) is 11.6. The third-order valence-corrected chi connectivity index (χ3v) is 3.53. The van der Waals surface area contributed by atoms with Gasteiger partial charge in [0.25, 0.3) is 0 Å². The highest BCUT2D eigenvalue weighted by Crippen LogP contribution is 2.21. The number of nitrogens with one attached hydrogen (secondary N) is 1. The first-order valence-corrected chi connectivity index (χ1v) is 6.50. The molecular weight excluding hydrogens is 303 g/mol. The lowest BCUT2D eigenvalue weighted by Gasteiger charge is -2.32. The van der Waals surface area contributed by atoms with Crippen molar-refractivity contribution in [1.82, 2.24) is 10.2 Å². The van der Waals surface area contributed by atoms with Gasteiger partial charge < -0.3 is 15.3 Å². The van der Waals surface area contributed by atoms with Crippen LogP contribution in [0.2, 0.25) is 5.02 Å². The van der Waals surface area contributed by atoms with Gasteiger partial charge in [0.2, 0.25) is 11.8 Å². The molecule has 21 heavy (non-hydrogen) atoms. The first-order chi connectivity index (χ1) is 9.90. The van der Waals surface area contributed by atoms with E-state index in [9.17, 15) is 18.8 Å². The van der Waals surface area contributed by atoms with E-state index in [1.807, 2.05) is 0 Å². The Bertz CT molecular complexity index is 588. The Kier molecular flexibility index (Phi) is 4.42. The maximum absolute atomic E-state index is 13.7. The Morgan fingerprint density at radius 3 is 2.81 bits per heavy atom. The highest BCUT2D eigenvalue weighted by molar-refractivity contribution is 6.31. The van der Waals surface area contributed by atoms with Crippen molar-refractivity contribution in [1.29, 1.82) is 0 Å². The Morgan fingerprint density at radius 1 is 1.48 bits per heavy atom. The van der Waals surface area contributed by atoms with E-state index >= 15 is 0 Å². The largest absolute Gasteiger partial charge is 0.480 e. The number of carbonyl (C=O) groups excluding carboxylic acids is 2. The van der Waals surface area contributed by atoms with Crippen LogP contribution < -0.4 is 5.32 Å². The van der Waals surface area contributed by atoms with Gasteiger partial charge in [0.05, 0.1) is 6.42 Å². The van der Waals surface area contributed by atoms with E-state index in [0.29, 0.717) is 0 Å². The number of carboxylic acids is 1. The van der Waals surface area contributed by atoms with E-state index in [2.05, 4.69) is 5.32 Å². The number of piperazine rings is 1. The molecule has 0 radical (unpaired) electrons. The number of benzene rings is 1. The molecule has 0 spiro atoms. The summed E-state index contributed by atoms with van der Waals surface area (Å²) in [5.41, 5.74) is -0.0145. The molecule has 0 aromatic heterocycles. The first-order valence-electron chi connectivity index (χ1n) is 6.12. The number of halogens is 2. The molecule has 8 heteroatoms. The molecule has 6 nitrogen and oxygen atoms in total. The molecule has 1 heterocycles. The third-order valence-electron chi connectivity index (χ3n) is 3.18. The van der Waals surface area contributed by atoms with Crippen LogP contribution in [-0.2, 0) is 20.8 Å². The van der Waals surface area contributed by atoms with Gasteiger partial charge in [-0.2, -0.15) is 0 Å². The summed E-state index contributed by atoms with van der Waals surface area (Å²) in [6.45, 7) is -0.549. The van der Waals surface area contributed by atoms with E-state index in [1.54, 1.807) is 0 Å². The maximum Gasteiger partial charge on any atom is 0.328 e. The van der Waals surface area contributed by atoms with E-state index in [1.165, 1.54) is 12.1 Å². The molecule has 2 rings (SSSR count). The van der Waals surface area contributed by atoms with Gasteiger partial charge in [0.15, 0.2) is 0 Å². The predicted molar refractivity (Wildman–Crippen MR) is 71.3 cm³/mol. The van der Waals surface area contributed by atoms with Gasteiger partial charge in [0.1, 0.15) is 18.4 Å². The van der Waals surface area contributed by atoms with Crippen LogP contribution in [0.15, 0.2) is 18.2 Å². The minimum Gasteiger partial charge on any atom is -0.480 e. The molecule has 112 valence electrons. The van der Waals surface area contributed by atoms with Crippen LogP contribution in [-0.4, -0.2) is 46.9 Å². The van der Waals surface area contributed by atoms with Gasteiger partial charge in [-0.05, 0) is 12.1 Å². The number of amides is 2. The summed E-state index contributed by atoms with van der Waals surface area (Å²) in [5.74, 6) is -3.00. The van der Waals surface area contributed by atoms with Crippen molar-refractivity contribution in [3.8, 4) is 0 Å². The Hall–Kier alpha value is -2.15. The average molecular weight is 315 g/mol. The summed E-state index contributed by atoms with van der Waals surface area (Å²) >= 11 is 5.83. The molecule has 2 N–H and O–H groups in total. The molecule has 1 aliphatic rings. The second-order valence-electron chi connectivity index (χ2n) is 4.56. The van der Waals surface area contributed by atoms with Gasteiger partial charge in [-0.1, -0.05) is 17.7 Å². The molecule has 1 unspecified atom stereocenters. The smallest absolute Gasteiger partial charge is 0.328 e. The molecule has 0 bridgehead atoms.